The Morgan fingerprint density at radius 3 is 2.68 bits per heavy atom. The average molecular weight is 414 g/mol. The molecule has 1 atom stereocenters. The van der Waals surface area contributed by atoms with Gasteiger partial charge in [-0.25, -0.2) is 4.79 Å². The standard InChI is InChI=1S/C23H22N6O2/c1-12-21(13(2)28-27-12)16-9-18-15(10-20(16)31-4)22-19(11-25-18)26-23(30)29(22)14(3)17-7-5-6-8-24-17/h5-11,14H,1-4H3,(H,26,30)(H,27,28)/t14-/m1/s1. The number of hydrogen-bond donors (Lipinski definition) is 2. The average Bonchev–Trinajstić information content (AvgIpc) is 3.30. The molecule has 5 rings (SSSR count). The Morgan fingerprint density at radius 1 is 1.16 bits per heavy atom. The number of ether oxygens (including phenoxy) is 1. The Balaban J connectivity index is 1.82. The van der Waals surface area contributed by atoms with Crippen molar-refractivity contribution < 1.29 is 4.74 Å². The van der Waals surface area contributed by atoms with Crippen LogP contribution in [0.25, 0.3) is 33.1 Å². The minimum atomic E-state index is -0.253. The third-order valence-corrected chi connectivity index (χ3v) is 5.76. The number of methoxy groups -OCH3 is 1. The summed E-state index contributed by atoms with van der Waals surface area (Å²) >= 11 is 0. The molecular weight excluding hydrogens is 392 g/mol. The molecule has 8 nitrogen and oxygen atoms in total. The summed E-state index contributed by atoms with van der Waals surface area (Å²) in [7, 11) is 1.64. The van der Waals surface area contributed by atoms with Crippen LogP contribution in [0.4, 0.5) is 0 Å². The summed E-state index contributed by atoms with van der Waals surface area (Å²) in [4.78, 5) is 24.9. The molecule has 0 unspecified atom stereocenters. The third kappa shape index (κ3) is 2.91. The molecule has 2 N–H and O–H groups in total. The fraction of sp³-hybridized carbons (Fsp3) is 0.217. The highest BCUT2D eigenvalue weighted by Gasteiger charge is 2.21. The first-order chi connectivity index (χ1) is 15.0. The number of pyridine rings is 2. The molecule has 5 aromatic rings. The van der Waals surface area contributed by atoms with E-state index >= 15 is 0 Å². The SMILES string of the molecule is COc1cc2c(cc1-c1c(C)n[nH]c1C)ncc1[nH]c(=O)n([C@H](C)c3ccccn3)c12. The van der Waals surface area contributed by atoms with Crippen molar-refractivity contribution in [2.45, 2.75) is 26.8 Å². The number of aromatic amines is 2. The zero-order chi connectivity index (χ0) is 21.7. The van der Waals surface area contributed by atoms with Gasteiger partial charge in [0, 0.05) is 28.4 Å². The minimum Gasteiger partial charge on any atom is -0.496 e. The highest BCUT2D eigenvalue weighted by Crippen LogP contribution is 2.38. The molecule has 0 aliphatic rings. The van der Waals surface area contributed by atoms with Crippen LogP contribution in [0.2, 0.25) is 0 Å². The van der Waals surface area contributed by atoms with E-state index in [-0.39, 0.29) is 11.7 Å². The molecule has 8 heteroatoms. The summed E-state index contributed by atoms with van der Waals surface area (Å²) in [5.74, 6) is 0.695. The van der Waals surface area contributed by atoms with E-state index < -0.39 is 0 Å². The van der Waals surface area contributed by atoms with Gasteiger partial charge in [0.05, 0.1) is 47.3 Å². The van der Waals surface area contributed by atoms with E-state index in [1.807, 2.05) is 51.1 Å². The summed E-state index contributed by atoms with van der Waals surface area (Å²) in [6, 6.07) is 9.38. The van der Waals surface area contributed by atoms with Crippen molar-refractivity contribution in [3.8, 4) is 16.9 Å². The second-order valence-corrected chi connectivity index (χ2v) is 7.63. The summed E-state index contributed by atoms with van der Waals surface area (Å²) in [5.41, 5.74) is 6.57. The zero-order valence-electron chi connectivity index (χ0n) is 17.7. The molecule has 1 aromatic carbocycles. The van der Waals surface area contributed by atoms with Crippen molar-refractivity contribution in [3.63, 3.8) is 0 Å². The van der Waals surface area contributed by atoms with Crippen molar-refractivity contribution in [1.82, 2.24) is 29.7 Å². The molecular formula is C23H22N6O2. The molecule has 0 radical (unpaired) electrons. The molecule has 0 bridgehead atoms. The predicted octanol–water partition coefficient (Wildman–Crippen LogP) is 3.90. The van der Waals surface area contributed by atoms with E-state index in [9.17, 15) is 4.79 Å². The van der Waals surface area contributed by atoms with E-state index in [0.29, 0.717) is 11.3 Å². The molecule has 31 heavy (non-hydrogen) atoms. The Kier molecular flexibility index (Phi) is 4.35. The number of imidazole rings is 1. The molecule has 4 heterocycles. The molecule has 156 valence electrons. The van der Waals surface area contributed by atoms with Gasteiger partial charge >= 0.3 is 5.69 Å². The maximum Gasteiger partial charge on any atom is 0.327 e. The van der Waals surface area contributed by atoms with Crippen LogP contribution >= 0.6 is 0 Å². The Labute approximate surface area is 177 Å². The molecule has 0 fully saturated rings. The van der Waals surface area contributed by atoms with E-state index in [1.165, 1.54) is 0 Å². The number of fused-ring (bicyclic) bond motifs is 3. The van der Waals surface area contributed by atoms with Crippen LogP contribution in [0.5, 0.6) is 5.75 Å². The van der Waals surface area contributed by atoms with E-state index in [4.69, 9.17) is 4.74 Å². The third-order valence-electron chi connectivity index (χ3n) is 5.76. The van der Waals surface area contributed by atoms with Crippen molar-refractivity contribution >= 4 is 21.9 Å². The lowest BCUT2D eigenvalue weighted by atomic mass is 10.00. The largest absolute Gasteiger partial charge is 0.496 e. The number of aryl methyl sites for hydroxylation is 2. The maximum absolute atomic E-state index is 12.9. The number of nitrogens with one attached hydrogen (secondary N) is 2. The number of benzene rings is 1. The molecule has 0 saturated heterocycles. The van der Waals surface area contributed by atoms with Gasteiger partial charge in [-0.1, -0.05) is 6.07 Å². The van der Waals surface area contributed by atoms with Crippen LogP contribution in [0.3, 0.4) is 0 Å². The van der Waals surface area contributed by atoms with Gasteiger partial charge in [0.15, 0.2) is 0 Å². The smallest absolute Gasteiger partial charge is 0.327 e. The van der Waals surface area contributed by atoms with Crippen LogP contribution in [-0.4, -0.2) is 36.8 Å². The molecule has 0 saturated carbocycles. The Hall–Kier alpha value is -3.94. The zero-order valence-corrected chi connectivity index (χ0v) is 17.7. The summed E-state index contributed by atoms with van der Waals surface area (Å²) in [6.45, 7) is 5.90. The Bertz CT molecular complexity index is 1460. The first kappa shape index (κ1) is 19.0. The van der Waals surface area contributed by atoms with E-state index in [0.717, 1.165) is 44.6 Å². The lowest BCUT2D eigenvalue weighted by molar-refractivity contribution is 0.417. The number of H-pyrrole nitrogens is 2. The normalized spacial score (nSPS) is 12.5. The van der Waals surface area contributed by atoms with Crippen molar-refractivity contribution in [2.24, 2.45) is 0 Å². The predicted molar refractivity (Wildman–Crippen MR) is 120 cm³/mol. The van der Waals surface area contributed by atoms with Gasteiger partial charge in [0.2, 0.25) is 0 Å². The van der Waals surface area contributed by atoms with Crippen LogP contribution in [0.1, 0.15) is 30.0 Å². The molecule has 0 spiro atoms. The van der Waals surface area contributed by atoms with Crippen LogP contribution in [-0.2, 0) is 0 Å². The van der Waals surface area contributed by atoms with Gasteiger partial charge in [-0.05, 0) is 45.0 Å². The monoisotopic (exact) mass is 414 g/mol. The Morgan fingerprint density at radius 2 is 2.00 bits per heavy atom. The first-order valence-corrected chi connectivity index (χ1v) is 10.0. The van der Waals surface area contributed by atoms with Crippen molar-refractivity contribution in [1.29, 1.82) is 0 Å². The number of nitrogens with zero attached hydrogens (tertiary/aromatic N) is 4. The highest BCUT2D eigenvalue weighted by atomic mass is 16.5. The highest BCUT2D eigenvalue weighted by molar-refractivity contribution is 6.04. The second-order valence-electron chi connectivity index (χ2n) is 7.63. The fourth-order valence-electron chi connectivity index (χ4n) is 4.27. The minimum absolute atomic E-state index is 0.202. The molecule has 0 aliphatic carbocycles. The van der Waals surface area contributed by atoms with Gasteiger partial charge in [0.25, 0.3) is 0 Å². The van der Waals surface area contributed by atoms with E-state index in [2.05, 4.69) is 25.1 Å². The first-order valence-electron chi connectivity index (χ1n) is 10.0. The number of aromatic nitrogens is 6. The molecule has 4 aromatic heterocycles. The maximum atomic E-state index is 12.9. The summed E-state index contributed by atoms with van der Waals surface area (Å²) < 4.78 is 7.48. The molecule has 0 aliphatic heterocycles. The molecule has 0 amide bonds. The van der Waals surface area contributed by atoms with Gasteiger partial charge in [-0.2, -0.15) is 5.10 Å². The van der Waals surface area contributed by atoms with Crippen LogP contribution in [0.15, 0.2) is 47.5 Å². The van der Waals surface area contributed by atoms with Crippen LogP contribution in [0, 0.1) is 13.8 Å². The van der Waals surface area contributed by atoms with Crippen LogP contribution < -0.4 is 10.4 Å². The van der Waals surface area contributed by atoms with Gasteiger partial charge in [0.1, 0.15) is 5.75 Å². The van der Waals surface area contributed by atoms with Gasteiger partial charge < -0.3 is 9.72 Å². The number of hydrogen-bond acceptors (Lipinski definition) is 5. The topological polar surface area (TPSA) is 101 Å². The second kappa shape index (κ2) is 7.09. The van der Waals surface area contributed by atoms with Crippen molar-refractivity contribution in [3.05, 3.63) is 70.3 Å². The summed E-state index contributed by atoms with van der Waals surface area (Å²) in [6.07, 6.45) is 3.43. The quantitative estimate of drug-likeness (QED) is 0.464. The summed E-state index contributed by atoms with van der Waals surface area (Å²) in [5, 5.41) is 8.17. The van der Waals surface area contributed by atoms with Gasteiger partial charge in [-0.15, -0.1) is 0 Å². The lowest BCUT2D eigenvalue weighted by Crippen LogP contribution is -2.21. The fourth-order valence-corrected chi connectivity index (χ4v) is 4.27. The van der Waals surface area contributed by atoms with Crippen molar-refractivity contribution in [2.75, 3.05) is 7.11 Å². The number of rotatable bonds is 4. The van der Waals surface area contributed by atoms with Gasteiger partial charge in [-0.3, -0.25) is 19.6 Å². The lowest BCUT2D eigenvalue weighted by Gasteiger charge is -2.15. The van der Waals surface area contributed by atoms with E-state index in [1.54, 1.807) is 24.1 Å².